The van der Waals surface area contributed by atoms with Gasteiger partial charge in [0, 0.05) is 62.6 Å². The van der Waals surface area contributed by atoms with Crippen molar-refractivity contribution in [2.45, 2.75) is 6.61 Å². The quantitative estimate of drug-likeness (QED) is 0.183. The van der Waals surface area contributed by atoms with E-state index >= 15 is 0 Å². The molecule has 0 radical (unpaired) electrons. The SMILES string of the molecule is c1ccc2c(c1)COc1cccc(-c3ccc(-c4nc(-c5cccc6c5sc5ccccc56)nc(-c5cccc6c5sc5ccccc56)n4)cc3)c1-2. The third-order valence-electron chi connectivity index (χ3n) is 10.1. The van der Waals surface area contributed by atoms with Crippen LogP contribution in [0.15, 0.2) is 152 Å². The zero-order chi connectivity index (χ0) is 34.2. The van der Waals surface area contributed by atoms with E-state index in [-0.39, 0.29) is 0 Å². The fourth-order valence-corrected chi connectivity index (χ4v) is 10.0. The molecule has 0 bridgehead atoms. The monoisotopic (exact) mass is 701 g/mol. The molecule has 7 aromatic carbocycles. The van der Waals surface area contributed by atoms with Crippen molar-refractivity contribution in [3.63, 3.8) is 0 Å². The fourth-order valence-electron chi connectivity index (χ4n) is 7.61. The van der Waals surface area contributed by atoms with Gasteiger partial charge in [-0.25, -0.2) is 15.0 Å². The van der Waals surface area contributed by atoms with Crippen LogP contribution in [0.1, 0.15) is 5.56 Å². The number of nitrogens with zero attached hydrogens (tertiary/aromatic N) is 3. The van der Waals surface area contributed by atoms with E-state index in [0.717, 1.165) is 39.1 Å². The Morgan fingerprint density at radius 2 is 0.904 bits per heavy atom. The minimum Gasteiger partial charge on any atom is -0.488 e. The zero-order valence-corrected chi connectivity index (χ0v) is 29.3. The van der Waals surface area contributed by atoms with Crippen LogP contribution in [0.2, 0.25) is 0 Å². The highest BCUT2D eigenvalue weighted by atomic mass is 32.1. The Labute approximate surface area is 307 Å². The van der Waals surface area contributed by atoms with Crippen molar-refractivity contribution in [2.24, 2.45) is 0 Å². The number of hydrogen-bond acceptors (Lipinski definition) is 6. The molecule has 10 aromatic rings. The van der Waals surface area contributed by atoms with Gasteiger partial charge >= 0.3 is 0 Å². The summed E-state index contributed by atoms with van der Waals surface area (Å²) in [6.07, 6.45) is 0. The predicted octanol–water partition coefficient (Wildman–Crippen LogP) is 12.8. The van der Waals surface area contributed by atoms with Gasteiger partial charge in [-0.1, -0.05) is 121 Å². The number of aromatic nitrogens is 3. The number of ether oxygens (including phenoxy) is 1. The van der Waals surface area contributed by atoms with Gasteiger partial charge in [0.2, 0.25) is 0 Å². The van der Waals surface area contributed by atoms with Crippen LogP contribution in [0.3, 0.4) is 0 Å². The van der Waals surface area contributed by atoms with Crippen LogP contribution in [-0.2, 0) is 6.61 Å². The molecular formula is C46H27N3OS2. The van der Waals surface area contributed by atoms with Crippen LogP contribution in [-0.4, -0.2) is 15.0 Å². The van der Waals surface area contributed by atoms with Crippen molar-refractivity contribution in [1.29, 1.82) is 0 Å². The molecule has 6 heteroatoms. The van der Waals surface area contributed by atoms with E-state index in [1.54, 1.807) is 22.7 Å². The molecule has 4 nitrogen and oxygen atoms in total. The zero-order valence-electron chi connectivity index (χ0n) is 27.7. The summed E-state index contributed by atoms with van der Waals surface area (Å²) in [4.78, 5) is 15.7. The van der Waals surface area contributed by atoms with Crippen LogP contribution < -0.4 is 4.74 Å². The van der Waals surface area contributed by atoms with Crippen molar-refractivity contribution >= 4 is 63.0 Å². The largest absolute Gasteiger partial charge is 0.488 e. The Hall–Kier alpha value is -6.21. The first-order valence-electron chi connectivity index (χ1n) is 17.3. The lowest BCUT2D eigenvalue weighted by molar-refractivity contribution is 0.302. The van der Waals surface area contributed by atoms with Gasteiger partial charge in [0.25, 0.3) is 0 Å². The Kier molecular flexibility index (Phi) is 6.62. The van der Waals surface area contributed by atoms with Crippen molar-refractivity contribution in [1.82, 2.24) is 15.0 Å². The molecule has 0 saturated heterocycles. The molecule has 0 N–H and O–H groups in total. The number of thiophene rings is 2. The number of benzene rings is 7. The number of fused-ring (bicyclic) bond motifs is 9. The lowest BCUT2D eigenvalue weighted by Crippen LogP contribution is -2.06. The molecule has 4 heterocycles. The molecule has 52 heavy (non-hydrogen) atoms. The van der Waals surface area contributed by atoms with E-state index in [0.29, 0.717) is 24.1 Å². The molecule has 0 atom stereocenters. The fraction of sp³-hybridized carbons (Fsp3) is 0.0217. The summed E-state index contributed by atoms with van der Waals surface area (Å²) in [5.74, 6) is 2.90. The van der Waals surface area contributed by atoms with Gasteiger partial charge in [-0.3, -0.25) is 0 Å². The Bertz CT molecular complexity index is 2900. The summed E-state index contributed by atoms with van der Waals surface area (Å²) < 4.78 is 11.1. The molecule has 11 rings (SSSR count). The average Bonchev–Trinajstić information content (AvgIpc) is 3.79. The third kappa shape index (κ3) is 4.62. The molecule has 0 fully saturated rings. The molecule has 0 unspecified atom stereocenters. The summed E-state index contributed by atoms with van der Waals surface area (Å²) >= 11 is 3.58. The van der Waals surface area contributed by atoms with Crippen LogP contribution in [0.4, 0.5) is 0 Å². The minimum atomic E-state index is 0.583. The standard InChI is InChI=1S/C46H27N3OS2/c1-2-11-31-29(10-1)26-50-38-19-9-14-30(41(31)38)27-22-24-28(25-23-27)44-47-45(36-17-7-15-34-32-12-3-5-20-39(32)51-42(34)36)49-46(48-44)37-18-8-16-35-33-13-4-6-21-40(33)52-43(35)37/h1-25H,26H2. The second kappa shape index (κ2) is 11.7. The maximum Gasteiger partial charge on any atom is 0.165 e. The second-order valence-corrected chi connectivity index (χ2v) is 15.2. The molecule has 0 spiro atoms. The first-order chi connectivity index (χ1) is 25.8. The summed E-state index contributed by atoms with van der Waals surface area (Å²) in [6.45, 7) is 0.583. The number of rotatable bonds is 4. The van der Waals surface area contributed by atoms with Crippen molar-refractivity contribution in [3.8, 4) is 62.2 Å². The van der Waals surface area contributed by atoms with E-state index in [4.69, 9.17) is 19.7 Å². The van der Waals surface area contributed by atoms with Gasteiger partial charge in [-0.2, -0.15) is 0 Å². The molecule has 0 saturated carbocycles. The maximum absolute atomic E-state index is 6.19. The lowest BCUT2D eigenvalue weighted by Gasteiger charge is -2.23. The Morgan fingerprint density at radius 3 is 1.58 bits per heavy atom. The van der Waals surface area contributed by atoms with Gasteiger partial charge in [-0.05, 0) is 52.6 Å². The summed E-state index contributed by atoms with van der Waals surface area (Å²) in [5.41, 5.74) is 8.77. The van der Waals surface area contributed by atoms with Crippen LogP contribution in [0.5, 0.6) is 5.75 Å². The van der Waals surface area contributed by atoms with Gasteiger partial charge in [0.1, 0.15) is 12.4 Å². The van der Waals surface area contributed by atoms with Crippen molar-refractivity contribution in [3.05, 3.63) is 157 Å². The molecule has 0 amide bonds. The maximum atomic E-state index is 6.19. The molecule has 1 aliphatic heterocycles. The normalized spacial score (nSPS) is 12.3. The highest BCUT2D eigenvalue weighted by Gasteiger charge is 2.22. The summed E-state index contributed by atoms with van der Waals surface area (Å²) in [5, 5.41) is 4.94. The topological polar surface area (TPSA) is 47.9 Å². The van der Waals surface area contributed by atoms with Gasteiger partial charge in [0.05, 0.1) is 0 Å². The first-order valence-corrected chi connectivity index (χ1v) is 18.9. The molecule has 3 aromatic heterocycles. The lowest BCUT2D eigenvalue weighted by atomic mass is 9.89. The first kappa shape index (κ1) is 29.5. The third-order valence-corrected chi connectivity index (χ3v) is 12.5. The van der Waals surface area contributed by atoms with Crippen molar-refractivity contribution < 1.29 is 4.74 Å². The Balaban J connectivity index is 1.10. The highest BCUT2D eigenvalue weighted by Crippen LogP contribution is 2.45. The number of hydrogen-bond donors (Lipinski definition) is 0. The summed E-state index contributed by atoms with van der Waals surface area (Å²) in [6, 6.07) is 53.5. The van der Waals surface area contributed by atoms with Crippen LogP contribution >= 0.6 is 22.7 Å². The van der Waals surface area contributed by atoms with Crippen molar-refractivity contribution in [2.75, 3.05) is 0 Å². The average molecular weight is 702 g/mol. The molecule has 1 aliphatic rings. The highest BCUT2D eigenvalue weighted by molar-refractivity contribution is 7.26. The molecule has 0 aliphatic carbocycles. The molecule has 244 valence electrons. The van der Waals surface area contributed by atoms with Crippen LogP contribution in [0.25, 0.3) is 96.8 Å². The van der Waals surface area contributed by atoms with Gasteiger partial charge in [0.15, 0.2) is 17.5 Å². The van der Waals surface area contributed by atoms with E-state index in [2.05, 4.69) is 152 Å². The predicted molar refractivity (Wildman–Crippen MR) is 217 cm³/mol. The molecular weight excluding hydrogens is 675 g/mol. The van der Waals surface area contributed by atoms with Gasteiger partial charge in [-0.15, -0.1) is 22.7 Å². The van der Waals surface area contributed by atoms with E-state index in [1.807, 2.05) is 0 Å². The van der Waals surface area contributed by atoms with E-state index in [1.165, 1.54) is 51.5 Å². The minimum absolute atomic E-state index is 0.583. The Morgan fingerprint density at radius 1 is 0.404 bits per heavy atom. The van der Waals surface area contributed by atoms with Gasteiger partial charge < -0.3 is 4.74 Å². The van der Waals surface area contributed by atoms with E-state index in [9.17, 15) is 0 Å². The summed E-state index contributed by atoms with van der Waals surface area (Å²) in [7, 11) is 0. The second-order valence-electron chi connectivity index (χ2n) is 13.1. The van der Waals surface area contributed by atoms with Crippen LogP contribution in [0, 0.1) is 0 Å². The smallest absolute Gasteiger partial charge is 0.165 e. The van der Waals surface area contributed by atoms with E-state index < -0.39 is 0 Å².